The van der Waals surface area contributed by atoms with Crippen molar-refractivity contribution in [1.82, 2.24) is 15.5 Å². The van der Waals surface area contributed by atoms with Gasteiger partial charge in [0.2, 0.25) is 11.0 Å². The van der Waals surface area contributed by atoms with E-state index < -0.39 is 6.04 Å². The van der Waals surface area contributed by atoms with Gasteiger partial charge in [0.25, 0.3) is 5.91 Å². The lowest BCUT2D eigenvalue weighted by Gasteiger charge is -2.21. The van der Waals surface area contributed by atoms with Crippen LogP contribution in [0.3, 0.4) is 0 Å². The smallest absolute Gasteiger partial charge is 0.255 e. The van der Waals surface area contributed by atoms with Gasteiger partial charge < -0.3 is 10.1 Å². The number of carbonyl (C=O) groups is 2. The number of aromatic nitrogens is 2. The van der Waals surface area contributed by atoms with Crippen LogP contribution in [0.2, 0.25) is 0 Å². The van der Waals surface area contributed by atoms with Crippen molar-refractivity contribution in [3.05, 3.63) is 35.3 Å². The van der Waals surface area contributed by atoms with Gasteiger partial charge in [-0.2, -0.15) is 0 Å². The van der Waals surface area contributed by atoms with Crippen molar-refractivity contribution in [2.75, 3.05) is 11.9 Å². The SMILES string of the molecule is CCOc1ccccc1C(=O)NC(C(=O)Nc1nncs1)C(C)C. The largest absolute Gasteiger partial charge is 0.493 e. The fourth-order valence-corrected chi connectivity index (χ4v) is 2.55. The molecule has 0 fully saturated rings. The van der Waals surface area contributed by atoms with Crippen LogP contribution in [0.5, 0.6) is 5.75 Å². The molecule has 2 N–H and O–H groups in total. The van der Waals surface area contributed by atoms with Crippen LogP contribution in [0.1, 0.15) is 31.1 Å². The molecule has 1 atom stereocenters. The molecule has 1 aromatic heterocycles. The van der Waals surface area contributed by atoms with E-state index in [9.17, 15) is 9.59 Å². The predicted octanol–water partition coefficient (Wildman–Crippen LogP) is 2.33. The third-order valence-electron chi connectivity index (χ3n) is 3.26. The van der Waals surface area contributed by atoms with E-state index in [0.717, 1.165) is 0 Å². The summed E-state index contributed by atoms with van der Waals surface area (Å²) in [6.07, 6.45) is 0. The lowest BCUT2D eigenvalue weighted by molar-refractivity contribution is -0.118. The average Bonchev–Trinajstić information content (AvgIpc) is 3.05. The minimum atomic E-state index is -0.698. The second-order valence-electron chi connectivity index (χ2n) is 5.36. The second-order valence-corrected chi connectivity index (χ2v) is 6.19. The third-order valence-corrected chi connectivity index (χ3v) is 3.86. The van der Waals surface area contributed by atoms with E-state index in [1.165, 1.54) is 16.8 Å². The molecule has 0 bridgehead atoms. The first kappa shape index (κ1) is 17.9. The number of carbonyl (C=O) groups excluding carboxylic acids is 2. The summed E-state index contributed by atoms with van der Waals surface area (Å²) < 4.78 is 5.47. The van der Waals surface area contributed by atoms with Crippen molar-refractivity contribution < 1.29 is 14.3 Å². The third kappa shape index (κ3) is 4.51. The molecule has 1 aromatic carbocycles. The van der Waals surface area contributed by atoms with Crippen LogP contribution < -0.4 is 15.4 Å². The molecule has 2 rings (SSSR count). The number of amides is 2. The van der Waals surface area contributed by atoms with Gasteiger partial charge in [-0.25, -0.2) is 0 Å². The van der Waals surface area contributed by atoms with Crippen LogP contribution in [-0.4, -0.2) is 34.7 Å². The Hall–Kier alpha value is -2.48. The summed E-state index contributed by atoms with van der Waals surface area (Å²) in [5, 5.41) is 13.3. The first-order valence-corrected chi connectivity index (χ1v) is 8.50. The van der Waals surface area contributed by atoms with E-state index in [1.54, 1.807) is 24.3 Å². The van der Waals surface area contributed by atoms with E-state index in [-0.39, 0.29) is 17.7 Å². The molecule has 128 valence electrons. The Labute approximate surface area is 144 Å². The highest BCUT2D eigenvalue weighted by Crippen LogP contribution is 2.19. The van der Waals surface area contributed by atoms with E-state index in [2.05, 4.69) is 20.8 Å². The highest BCUT2D eigenvalue weighted by atomic mass is 32.1. The second kappa shape index (κ2) is 8.39. The molecule has 2 amide bonds. The van der Waals surface area contributed by atoms with Crippen LogP contribution in [0, 0.1) is 5.92 Å². The molecule has 0 spiro atoms. The zero-order valence-electron chi connectivity index (χ0n) is 13.8. The maximum Gasteiger partial charge on any atom is 0.255 e. The maximum absolute atomic E-state index is 12.6. The number of nitrogens with one attached hydrogen (secondary N) is 2. The number of benzene rings is 1. The summed E-state index contributed by atoms with van der Waals surface area (Å²) in [4.78, 5) is 25.0. The van der Waals surface area contributed by atoms with Crippen LogP contribution in [-0.2, 0) is 4.79 Å². The summed E-state index contributed by atoms with van der Waals surface area (Å²) in [6.45, 7) is 6.02. The molecule has 1 unspecified atom stereocenters. The number of anilines is 1. The average molecular weight is 348 g/mol. The molecular weight excluding hydrogens is 328 g/mol. The molecule has 0 saturated heterocycles. The van der Waals surface area contributed by atoms with Gasteiger partial charge in [-0.1, -0.05) is 37.3 Å². The standard InChI is InChI=1S/C16H20N4O3S/c1-4-23-12-8-6-5-7-11(12)14(21)18-13(10(2)3)15(22)19-16-20-17-9-24-16/h5-10,13H,4H2,1-3H3,(H,18,21)(H,19,20,22). The lowest BCUT2D eigenvalue weighted by atomic mass is 10.0. The first-order chi connectivity index (χ1) is 11.5. The first-order valence-electron chi connectivity index (χ1n) is 7.62. The zero-order valence-corrected chi connectivity index (χ0v) is 14.6. The zero-order chi connectivity index (χ0) is 17.5. The van der Waals surface area contributed by atoms with Gasteiger partial charge in [0.15, 0.2) is 0 Å². The van der Waals surface area contributed by atoms with Crippen molar-refractivity contribution in [1.29, 1.82) is 0 Å². The summed E-state index contributed by atoms with van der Waals surface area (Å²) in [6, 6.07) is 6.24. The van der Waals surface area contributed by atoms with Gasteiger partial charge in [0.05, 0.1) is 12.2 Å². The van der Waals surface area contributed by atoms with Crippen LogP contribution in [0.4, 0.5) is 5.13 Å². The lowest BCUT2D eigenvalue weighted by Crippen LogP contribution is -2.47. The van der Waals surface area contributed by atoms with E-state index in [4.69, 9.17) is 4.74 Å². The highest BCUT2D eigenvalue weighted by molar-refractivity contribution is 7.13. The summed E-state index contributed by atoms with van der Waals surface area (Å²) in [5.41, 5.74) is 1.92. The Morgan fingerprint density at radius 3 is 2.67 bits per heavy atom. The number of rotatable bonds is 7. The molecular formula is C16H20N4O3S. The van der Waals surface area contributed by atoms with Gasteiger partial charge in [-0.3, -0.25) is 14.9 Å². The monoisotopic (exact) mass is 348 g/mol. The molecule has 0 aliphatic heterocycles. The summed E-state index contributed by atoms with van der Waals surface area (Å²) in [5.74, 6) is -0.292. The van der Waals surface area contributed by atoms with E-state index in [0.29, 0.717) is 23.1 Å². The molecule has 0 aliphatic rings. The van der Waals surface area contributed by atoms with Crippen molar-refractivity contribution in [3.63, 3.8) is 0 Å². The summed E-state index contributed by atoms with van der Waals surface area (Å²) in [7, 11) is 0. The molecule has 0 radical (unpaired) electrons. The minimum absolute atomic E-state index is 0.0962. The van der Waals surface area contributed by atoms with Crippen molar-refractivity contribution >= 4 is 28.3 Å². The number of ether oxygens (including phenoxy) is 1. The van der Waals surface area contributed by atoms with Gasteiger partial charge in [-0.15, -0.1) is 10.2 Å². The van der Waals surface area contributed by atoms with Crippen molar-refractivity contribution in [3.8, 4) is 5.75 Å². The van der Waals surface area contributed by atoms with Gasteiger partial charge in [0.1, 0.15) is 17.3 Å². The minimum Gasteiger partial charge on any atom is -0.493 e. The molecule has 0 saturated carbocycles. The quantitative estimate of drug-likeness (QED) is 0.801. The summed E-state index contributed by atoms with van der Waals surface area (Å²) >= 11 is 1.22. The molecule has 7 nitrogen and oxygen atoms in total. The predicted molar refractivity (Wildman–Crippen MR) is 92.2 cm³/mol. The highest BCUT2D eigenvalue weighted by Gasteiger charge is 2.26. The Morgan fingerprint density at radius 1 is 1.29 bits per heavy atom. The Bertz CT molecular complexity index is 688. The molecule has 1 heterocycles. The number of hydrogen-bond donors (Lipinski definition) is 2. The maximum atomic E-state index is 12.6. The Balaban J connectivity index is 2.12. The molecule has 2 aromatic rings. The fraction of sp³-hybridized carbons (Fsp3) is 0.375. The fourth-order valence-electron chi connectivity index (χ4n) is 2.10. The van der Waals surface area contributed by atoms with Crippen LogP contribution in [0.25, 0.3) is 0 Å². The normalized spacial score (nSPS) is 11.8. The van der Waals surface area contributed by atoms with Crippen LogP contribution in [0.15, 0.2) is 29.8 Å². The Morgan fingerprint density at radius 2 is 2.04 bits per heavy atom. The molecule has 24 heavy (non-hydrogen) atoms. The molecule has 0 aliphatic carbocycles. The van der Waals surface area contributed by atoms with Gasteiger partial charge in [0, 0.05) is 0 Å². The van der Waals surface area contributed by atoms with Gasteiger partial charge >= 0.3 is 0 Å². The van der Waals surface area contributed by atoms with E-state index in [1.807, 2.05) is 20.8 Å². The van der Waals surface area contributed by atoms with Crippen molar-refractivity contribution in [2.45, 2.75) is 26.8 Å². The Kier molecular flexibility index (Phi) is 6.25. The van der Waals surface area contributed by atoms with Crippen molar-refractivity contribution in [2.24, 2.45) is 5.92 Å². The number of hydrogen-bond acceptors (Lipinski definition) is 6. The number of para-hydroxylation sites is 1. The molecule has 8 heteroatoms. The van der Waals surface area contributed by atoms with Gasteiger partial charge in [-0.05, 0) is 25.0 Å². The number of nitrogens with zero attached hydrogens (tertiary/aromatic N) is 2. The van der Waals surface area contributed by atoms with E-state index >= 15 is 0 Å². The van der Waals surface area contributed by atoms with Crippen LogP contribution >= 0.6 is 11.3 Å². The topological polar surface area (TPSA) is 93.2 Å².